The molecule has 1 N–H and O–H groups in total. The quantitative estimate of drug-likeness (QED) is 0.445. The smallest absolute Gasteiger partial charge is 0.316 e. The molecule has 0 spiro atoms. The molecule has 36 heavy (non-hydrogen) atoms. The maximum Gasteiger partial charge on any atom is 0.351 e. The molecule has 2 atom stereocenters. The van der Waals surface area contributed by atoms with Gasteiger partial charge in [0.25, 0.3) is 0 Å². The van der Waals surface area contributed by atoms with E-state index < -0.39 is 11.4 Å². The van der Waals surface area contributed by atoms with E-state index in [1.807, 2.05) is 72.8 Å². The van der Waals surface area contributed by atoms with Gasteiger partial charge in [-0.05, 0) is 34.0 Å². The molecule has 1 fully saturated rings. The molecule has 7 heteroatoms. The summed E-state index contributed by atoms with van der Waals surface area (Å²) in [4.78, 5) is 23.8. The van der Waals surface area contributed by atoms with Gasteiger partial charge < -0.3 is 10.2 Å². The average Bonchev–Trinajstić information content (AvgIpc) is 3.36. The Hall–Kier alpha value is -4.07. The maximum absolute atomic E-state index is 14.2. The number of nitrogens with zero attached hydrogens (tertiary/aromatic N) is 4. The molecule has 1 aliphatic heterocycles. The third-order valence-electron chi connectivity index (χ3n) is 7.07. The SMILES string of the molecule is O=C(On1nnc2ccccc21)C1(c2ccc(-c3ccccc3)cc2)C=CC=CC1N1CCNCC1. The van der Waals surface area contributed by atoms with Gasteiger partial charge in [-0.1, -0.05) is 95.9 Å². The zero-order valence-corrected chi connectivity index (χ0v) is 19.8. The molecule has 7 nitrogen and oxygen atoms in total. The summed E-state index contributed by atoms with van der Waals surface area (Å²) >= 11 is 0. The van der Waals surface area contributed by atoms with Gasteiger partial charge >= 0.3 is 5.97 Å². The first-order valence-electron chi connectivity index (χ1n) is 12.3. The van der Waals surface area contributed by atoms with E-state index >= 15 is 0 Å². The number of allylic oxidation sites excluding steroid dienone is 2. The fourth-order valence-electron chi connectivity index (χ4n) is 5.21. The van der Waals surface area contributed by atoms with E-state index in [0.29, 0.717) is 11.0 Å². The molecule has 180 valence electrons. The molecule has 2 heterocycles. The molecule has 1 aliphatic carbocycles. The van der Waals surface area contributed by atoms with Crippen LogP contribution in [0.2, 0.25) is 0 Å². The number of hydrogen-bond acceptors (Lipinski definition) is 6. The molecular weight excluding hydrogens is 450 g/mol. The Morgan fingerprint density at radius 1 is 0.889 bits per heavy atom. The second-order valence-corrected chi connectivity index (χ2v) is 9.12. The fourth-order valence-corrected chi connectivity index (χ4v) is 5.21. The Morgan fingerprint density at radius 3 is 2.42 bits per heavy atom. The van der Waals surface area contributed by atoms with Crippen LogP contribution in [0.4, 0.5) is 0 Å². The van der Waals surface area contributed by atoms with E-state index in [0.717, 1.165) is 42.9 Å². The Bertz CT molecular complexity index is 1420. The number of aromatic nitrogens is 3. The monoisotopic (exact) mass is 477 g/mol. The van der Waals surface area contributed by atoms with Crippen molar-refractivity contribution in [3.63, 3.8) is 0 Å². The zero-order valence-electron chi connectivity index (χ0n) is 19.8. The lowest BCUT2D eigenvalue weighted by molar-refractivity contribution is -0.152. The summed E-state index contributed by atoms with van der Waals surface area (Å²) in [6, 6.07) is 25.7. The normalized spacial score (nSPS) is 22.1. The largest absolute Gasteiger partial charge is 0.351 e. The van der Waals surface area contributed by atoms with Crippen LogP contribution in [0.5, 0.6) is 0 Å². The number of benzene rings is 3. The summed E-state index contributed by atoms with van der Waals surface area (Å²) < 4.78 is 0. The van der Waals surface area contributed by atoms with Gasteiger partial charge in [0.2, 0.25) is 0 Å². The molecule has 1 aromatic heterocycles. The van der Waals surface area contributed by atoms with Crippen molar-refractivity contribution in [2.24, 2.45) is 0 Å². The lowest BCUT2D eigenvalue weighted by Crippen LogP contribution is -2.59. The van der Waals surface area contributed by atoms with Crippen LogP contribution in [-0.4, -0.2) is 58.2 Å². The zero-order chi connectivity index (χ0) is 24.4. The number of piperazine rings is 1. The highest BCUT2D eigenvalue weighted by molar-refractivity contribution is 5.89. The third-order valence-corrected chi connectivity index (χ3v) is 7.07. The molecular formula is C29H27N5O2. The predicted molar refractivity (Wildman–Crippen MR) is 139 cm³/mol. The standard InChI is InChI=1S/C29H27N5O2/c35-28(36-34-26-11-5-4-10-25(26)31-32-34)29(17-7-6-12-27(29)33-20-18-30-19-21-33)24-15-13-23(14-16-24)22-8-2-1-3-9-22/h1-17,27,30H,18-21H2. The molecule has 1 saturated heterocycles. The summed E-state index contributed by atoms with van der Waals surface area (Å²) in [6.07, 6.45) is 8.03. The molecule has 2 unspecified atom stereocenters. The van der Waals surface area contributed by atoms with Crippen molar-refractivity contribution in [1.82, 2.24) is 25.4 Å². The van der Waals surface area contributed by atoms with Gasteiger partial charge in [-0.3, -0.25) is 4.90 Å². The fraction of sp³-hybridized carbons (Fsp3) is 0.207. The van der Waals surface area contributed by atoms with Gasteiger partial charge in [0.05, 0.1) is 6.04 Å². The molecule has 4 aromatic rings. The molecule has 3 aromatic carbocycles. The Labute approximate surface area is 209 Å². The number of carbonyl (C=O) groups excluding carboxylic acids is 1. The highest BCUT2D eigenvalue weighted by atomic mass is 16.7. The number of hydrogen-bond donors (Lipinski definition) is 1. The van der Waals surface area contributed by atoms with Crippen molar-refractivity contribution in [3.8, 4) is 11.1 Å². The van der Waals surface area contributed by atoms with Crippen molar-refractivity contribution in [2.45, 2.75) is 11.5 Å². The van der Waals surface area contributed by atoms with Crippen molar-refractivity contribution < 1.29 is 9.63 Å². The Kier molecular flexibility index (Phi) is 5.93. The predicted octanol–water partition coefficient (Wildman–Crippen LogP) is 3.39. The Balaban J connectivity index is 1.43. The lowest BCUT2D eigenvalue weighted by atomic mass is 9.70. The maximum atomic E-state index is 14.2. The lowest BCUT2D eigenvalue weighted by Gasteiger charge is -2.44. The van der Waals surface area contributed by atoms with Crippen LogP contribution in [-0.2, 0) is 10.2 Å². The van der Waals surface area contributed by atoms with Crippen molar-refractivity contribution in [1.29, 1.82) is 0 Å². The molecule has 6 rings (SSSR count). The van der Waals surface area contributed by atoms with Gasteiger partial charge in [0.1, 0.15) is 16.4 Å². The van der Waals surface area contributed by atoms with Crippen LogP contribution in [0.1, 0.15) is 5.56 Å². The van der Waals surface area contributed by atoms with Gasteiger partial charge in [-0.15, -0.1) is 5.10 Å². The average molecular weight is 478 g/mol. The van der Waals surface area contributed by atoms with Gasteiger partial charge in [0, 0.05) is 26.2 Å². The van der Waals surface area contributed by atoms with Crippen LogP contribution in [0.25, 0.3) is 22.2 Å². The number of carbonyl (C=O) groups is 1. The highest BCUT2D eigenvalue weighted by Crippen LogP contribution is 2.38. The first kappa shape index (κ1) is 22.4. The number of nitrogens with one attached hydrogen (secondary N) is 1. The molecule has 0 amide bonds. The van der Waals surface area contributed by atoms with Crippen molar-refractivity contribution in [2.75, 3.05) is 26.2 Å². The molecule has 0 saturated carbocycles. The van der Waals surface area contributed by atoms with E-state index in [9.17, 15) is 4.79 Å². The molecule has 0 bridgehead atoms. The van der Waals surface area contributed by atoms with Gasteiger partial charge in [0.15, 0.2) is 0 Å². The Morgan fingerprint density at radius 2 is 1.61 bits per heavy atom. The summed E-state index contributed by atoms with van der Waals surface area (Å²) in [5.41, 5.74) is 3.38. The van der Waals surface area contributed by atoms with E-state index in [4.69, 9.17) is 4.84 Å². The third kappa shape index (κ3) is 3.92. The number of fused-ring (bicyclic) bond motifs is 1. The van der Waals surface area contributed by atoms with Crippen LogP contribution in [0.3, 0.4) is 0 Å². The summed E-state index contributed by atoms with van der Waals surface area (Å²) in [5.74, 6) is -0.394. The topological polar surface area (TPSA) is 72.3 Å². The first-order valence-corrected chi connectivity index (χ1v) is 12.3. The van der Waals surface area contributed by atoms with Gasteiger partial charge in [-0.25, -0.2) is 4.79 Å². The second-order valence-electron chi connectivity index (χ2n) is 9.12. The first-order chi connectivity index (χ1) is 17.8. The summed E-state index contributed by atoms with van der Waals surface area (Å²) in [5, 5.41) is 11.7. The minimum Gasteiger partial charge on any atom is -0.316 e. The van der Waals surface area contributed by atoms with Crippen LogP contribution >= 0.6 is 0 Å². The number of para-hydroxylation sites is 1. The van der Waals surface area contributed by atoms with E-state index in [-0.39, 0.29) is 6.04 Å². The molecule has 0 radical (unpaired) electrons. The minimum absolute atomic E-state index is 0.200. The minimum atomic E-state index is -1.05. The van der Waals surface area contributed by atoms with E-state index in [1.54, 1.807) is 0 Å². The van der Waals surface area contributed by atoms with Crippen molar-refractivity contribution in [3.05, 3.63) is 109 Å². The number of rotatable bonds is 5. The van der Waals surface area contributed by atoms with Crippen LogP contribution in [0, 0.1) is 0 Å². The van der Waals surface area contributed by atoms with Crippen LogP contribution in [0.15, 0.2) is 103 Å². The van der Waals surface area contributed by atoms with Crippen molar-refractivity contribution >= 4 is 17.0 Å². The molecule has 2 aliphatic rings. The van der Waals surface area contributed by atoms with E-state index in [1.165, 1.54) is 4.85 Å². The van der Waals surface area contributed by atoms with Crippen LogP contribution < -0.4 is 10.2 Å². The summed E-state index contributed by atoms with van der Waals surface area (Å²) in [6.45, 7) is 3.43. The second kappa shape index (κ2) is 9.53. The van der Waals surface area contributed by atoms with E-state index in [2.05, 4.69) is 50.9 Å². The highest BCUT2D eigenvalue weighted by Gasteiger charge is 2.50. The van der Waals surface area contributed by atoms with Gasteiger partial charge in [-0.2, -0.15) is 0 Å². The summed E-state index contributed by atoms with van der Waals surface area (Å²) in [7, 11) is 0.